The molecule has 3 saturated heterocycles. The second-order valence-corrected chi connectivity index (χ2v) is 7.49. The zero-order valence-electron chi connectivity index (χ0n) is 15.1. The normalized spacial score (nSPS) is 27.3. The molecule has 0 amide bonds. The third-order valence-electron chi connectivity index (χ3n) is 5.75. The first kappa shape index (κ1) is 16.8. The predicted molar refractivity (Wildman–Crippen MR) is 101 cm³/mol. The summed E-state index contributed by atoms with van der Waals surface area (Å²) in [5.74, 6) is 0. The minimum Gasteiger partial charge on any atom is -0.372 e. The molecule has 3 atom stereocenters. The zero-order valence-corrected chi connectivity index (χ0v) is 15.1. The number of nitrogens with zero attached hydrogens (tertiary/aromatic N) is 2. The van der Waals surface area contributed by atoms with Crippen LogP contribution in [0.3, 0.4) is 0 Å². The van der Waals surface area contributed by atoms with Gasteiger partial charge in [0.15, 0.2) is 0 Å². The molecule has 3 unspecified atom stereocenters. The van der Waals surface area contributed by atoms with Gasteiger partial charge in [0, 0.05) is 31.7 Å². The average Bonchev–Trinajstić information content (AvgIpc) is 2.91. The van der Waals surface area contributed by atoms with Gasteiger partial charge in [-0.15, -0.1) is 0 Å². The molecule has 0 aliphatic carbocycles. The molecular weight excluding hydrogens is 308 g/mol. The molecule has 0 spiro atoms. The fourth-order valence-corrected chi connectivity index (χ4v) is 4.32. The van der Waals surface area contributed by atoms with Gasteiger partial charge in [0.2, 0.25) is 0 Å². The lowest BCUT2D eigenvalue weighted by Gasteiger charge is -2.43. The van der Waals surface area contributed by atoms with Crippen LogP contribution in [0.25, 0.3) is 0 Å². The van der Waals surface area contributed by atoms with Crippen LogP contribution in [0.1, 0.15) is 24.0 Å². The molecule has 0 radical (unpaired) electrons. The maximum atomic E-state index is 6.38. The van der Waals surface area contributed by atoms with Crippen LogP contribution in [0.2, 0.25) is 0 Å². The SMILES string of the molecule is CN1CC2CCC(OCc3ccccc3)C1CN2Cc1ccccc1. The van der Waals surface area contributed by atoms with Crippen LogP contribution in [0, 0.1) is 0 Å². The van der Waals surface area contributed by atoms with E-state index in [0.29, 0.717) is 18.2 Å². The molecule has 132 valence electrons. The lowest BCUT2D eigenvalue weighted by Crippen LogP contribution is -2.57. The van der Waals surface area contributed by atoms with Crippen LogP contribution in [0.4, 0.5) is 0 Å². The van der Waals surface area contributed by atoms with Gasteiger partial charge in [0.1, 0.15) is 0 Å². The van der Waals surface area contributed by atoms with E-state index in [9.17, 15) is 0 Å². The Morgan fingerprint density at radius 3 is 2.28 bits per heavy atom. The second-order valence-electron chi connectivity index (χ2n) is 7.49. The third kappa shape index (κ3) is 3.95. The Labute approximate surface area is 151 Å². The summed E-state index contributed by atoms with van der Waals surface area (Å²) in [7, 11) is 2.27. The zero-order chi connectivity index (χ0) is 17.1. The Balaban J connectivity index is 1.42. The highest BCUT2D eigenvalue weighted by Crippen LogP contribution is 2.30. The second kappa shape index (κ2) is 7.69. The molecule has 3 aliphatic rings. The van der Waals surface area contributed by atoms with Crippen LogP contribution in [-0.2, 0) is 17.9 Å². The number of benzene rings is 2. The van der Waals surface area contributed by atoms with Crippen LogP contribution in [0.15, 0.2) is 60.7 Å². The quantitative estimate of drug-likeness (QED) is 0.830. The van der Waals surface area contributed by atoms with Crippen molar-refractivity contribution >= 4 is 0 Å². The summed E-state index contributed by atoms with van der Waals surface area (Å²) in [6.45, 7) is 4.04. The molecule has 25 heavy (non-hydrogen) atoms. The van der Waals surface area contributed by atoms with Crippen LogP contribution in [-0.4, -0.2) is 48.1 Å². The van der Waals surface area contributed by atoms with Crippen molar-refractivity contribution in [2.75, 3.05) is 20.1 Å². The molecule has 3 fully saturated rings. The minimum atomic E-state index is 0.330. The van der Waals surface area contributed by atoms with Crippen molar-refractivity contribution in [1.82, 2.24) is 9.80 Å². The number of fused-ring (bicyclic) bond motifs is 4. The van der Waals surface area contributed by atoms with Crippen LogP contribution < -0.4 is 0 Å². The first-order valence-corrected chi connectivity index (χ1v) is 9.43. The van der Waals surface area contributed by atoms with Gasteiger partial charge in [-0.25, -0.2) is 0 Å². The van der Waals surface area contributed by atoms with E-state index in [-0.39, 0.29) is 0 Å². The van der Waals surface area contributed by atoms with E-state index in [1.54, 1.807) is 0 Å². The first-order chi connectivity index (χ1) is 12.3. The number of likely N-dealkylation sites (N-methyl/N-ethyl adjacent to an activating group) is 1. The molecule has 2 aromatic carbocycles. The maximum absolute atomic E-state index is 6.38. The average molecular weight is 336 g/mol. The highest BCUT2D eigenvalue weighted by Gasteiger charge is 2.40. The van der Waals surface area contributed by atoms with Crippen molar-refractivity contribution in [3.8, 4) is 0 Å². The van der Waals surface area contributed by atoms with E-state index in [1.807, 2.05) is 0 Å². The van der Waals surface area contributed by atoms with Gasteiger partial charge in [-0.05, 0) is 31.0 Å². The Kier molecular flexibility index (Phi) is 5.16. The van der Waals surface area contributed by atoms with Crippen LogP contribution >= 0.6 is 0 Å². The summed E-state index contributed by atoms with van der Waals surface area (Å²) >= 11 is 0. The van der Waals surface area contributed by atoms with E-state index >= 15 is 0 Å². The molecule has 0 saturated carbocycles. The molecule has 5 rings (SSSR count). The van der Waals surface area contributed by atoms with Crippen molar-refractivity contribution in [2.24, 2.45) is 0 Å². The van der Waals surface area contributed by atoms with Crippen molar-refractivity contribution in [1.29, 1.82) is 0 Å². The molecule has 3 heterocycles. The Morgan fingerprint density at radius 2 is 1.56 bits per heavy atom. The molecule has 3 heteroatoms. The molecule has 0 aromatic heterocycles. The van der Waals surface area contributed by atoms with Crippen LogP contribution in [0.5, 0.6) is 0 Å². The van der Waals surface area contributed by atoms with Crippen molar-refractivity contribution < 1.29 is 4.74 Å². The molecule has 2 aromatic rings. The number of hydrogen-bond acceptors (Lipinski definition) is 3. The van der Waals surface area contributed by atoms with E-state index in [0.717, 1.165) is 32.7 Å². The monoisotopic (exact) mass is 336 g/mol. The van der Waals surface area contributed by atoms with Gasteiger partial charge in [0.25, 0.3) is 0 Å². The van der Waals surface area contributed by atoms with E-state index in [2.05, 4.69) is 77.5 Å². The van der Waals surface area contributed by atoms with E-state index in [1.165, 1.54) is 17.5 Å². The minimum absolute atomic E-state index is 0.330. The number of piperazine rings is 1. The fraction of sp³-hybridized carbons (Fsp3) is 0.455. The van der Waals surface area contributed by atoms with Crippen molar-refractivity contribution in [3.05, 3.63) is 71.8 Å². The highest BCUT2D eigenvalue weighted by atomic mass is 16.5. The predicted octanol–water partition coefficient (Wildman–Crippen LogP) is 3.55. The maximum Gasteiger partial charge on any atom is 0.0747 e. The molecular formula is C22H28N2O. The lowest BCUT2D eigenvalue weighted by atomic mass is 10.1. The summed E-state index contributed by atoms with van der Waals surface area (Å²) in [5, 5.41) is 0. The number of ether oxygens (including phenoxy) is 1. The summed E-state index contributed by atoms with van der Waals surface area (Å²) < 4.78 is 6.38. The van der Waals surface area contributed by atoms with Gasteiger partial charge >= 0.3 is 0 Å². The smallest absolute Gasteiger partial charge is 0.0747 e. The molecule has 3 nitrogen and oxygen atoms in total. The standard InChI is InChI=1S/C22H28N2O/c1-23-15-20-12-13-22(25-17-19-10-6-3-7-11-19)21(23)16-24(20)14-18-8-4-2-5-9-18/h2-11,20-22H,12-17H2,1H3. The van der Waals surface area contributed by atoms with E-state index < -0.39 is 0 Å². The summed E-state index contributed by atoms with van der Waals surface area (Å²) in [6.07, 6.45) is 2.72. The third-order valence-corrected chi connectivity index (χ3v) is 5.75. The van der Waals surface area contributed by atoms with Gasteiger partial charge in [-0.1, -0.05) is 60.7 Å². The number of rotatable bonds is 5. The fourth-order valence-electron chi connectivity index (χ4n) is 4.32. The molecule has 0 N–H and O–H groups in total. The van der Waals surface area contributed by atoms with Gasteiger partial charge < -0.3 is 4.74 Å². The number of hydrogen-bond donors (Lipinski definition) is 0. The summed E-state index contributed by atoms with van der Waals surface area (Å²) in [4.78, 5) is 5.20. The van der Waals surface area contributed by atoms with E-state index in [4.69, 9.17) is 4.74 Å². The highest BCUT2D eigenvalue weighted by molar-refractivity contribution is 5.16. The Morgan fingerprint density at radius 1 is 0.880 bits per heavy atom. The lowest BCUT2D eigenvalue weighted by molar-refractivity contribution is -0.0382. The molecule has 3 aliphatic heterocycles. The largest absolute Gasteiger partial charge is 0.372 e. The van der Waals surface area contributed by atoms with Gasteiger partial charge in [0.05, 0.1) is 12.7 Å². The Bertz CT molecular complexity index is 660. The summed E-state index contributed by atoms with van der Waals surface area (Å²) in [5.41, 5.74) is 2.68. The van der Waals surface area contributed by atoms with Crippen molar-refractivity contribution in [3.63, 3.8) is 0 Å². The van der Waals surface area contributed by atoms with Gasteiger partial charge in [-0.2, -0.15) is 0 Å². The summed E-state index contributed by atoms with van der Waals surface area (Å²) in [6, 6.07) is 22.5. The Hall–Kier alpha value is -1.68. The first-order valence-electron chi connectivity index (χ1n) is 9.43. The van der Waals surface area contributed by atoms with Crippen molar-refractivity contribution in [2.45, 2.75) is 44.2 Å². The topological polar surface area (TPSA) is 15.7 Å². The van der Waals surface area contributed by atoms with Gasteiger partial charge in [-0.3, -0.25) is 9.80 Å². The molecule has 2 bridgehead atoms.